The second kappa shape index (κ2) is 23.7. The van der Waals surface area contributed by atoms with E-state index in [4.69, 9.17) is 18.9 Å². The minimum Gasteiger partial charge on any atom is -0.379 e. The molecule has 7 nitrogen and oxygen atoms in total. The molecule has 0 saturated carbocycles. The molecule has 0 bridgehead atoms. The Bertz CT molecular complexity index is 411. The first-order valence-corrected chi connectivity index (χ1v) is 13.9. The summed E-state index contributed by atoms with van der Waals surface area (Å²) < 4.78 is 41.4. The van der Waals surface area contributed by atoms with Crippen LogP contribution in [0.25, 0.3) is 0 Å². The molecule has 178 valence electrons. The molecule has 0 aliphatic rings. The molecule has 0 fully saturated rings. The van der Waals surface area contributed by atoms with E-state index >= 15 is 0 Å². The number of hydrogen-bond acceptors (Lipinski definition) is 6. The highest BCUT2D eigenvalue weighted by Gasteiger charge is 2.36. The van der Waals surface area contributed by atoms with Crippen molar-refractivity contribution in [2.45, 2.75) is 109 Å². The van der Waals surface area contributed by atoms with Crippen LogP contribution in [0, 0.1) is 0 Å². The molecule has 0 heterocycles. The van der Waals surface area contributed by atoms with E-state index < -0.39 is 16.5 Å². The predicted molar refractivity (Wildman–Crippen MR) is 121 cm³/mol. The van der Waals surface area contributed by atoms with Gasteiger partial charge in [0.05, 0.1) is 12.7 Å². The largest absolute Gasteiger partial charge is 0.747 e. The average Bonchev–Trinajstić information content (AvgIpc) is 2.71. The van der Waals surface area contributed by atoms with E-state index in [0.717, 1.165) is 6.42 Å². The molecule has 0 aromatic carbocycles. The molecule has 0 amide bonds. The number of hydrogen-bond donors (Lipinski definition) is 1. The average molecular weight is 471 g/mol. The van der Waals surface area contributed by atoms with E-state index in [2.05, 4.69) is 11.2 Å². The summed E-state index contributed by atoms with van der Waals surface area (Å²) in [5.74, 6) is 0. The van der Waals surface area contributed by atoms with Crippen molar-refractivity contribution in [3.8, 4) is 0 Å². The van der Waals surface area contributed by atoms with E-state index in [0.29, 0.717) is 19.6 Å². The smallest absolute Gasteiger partial charge is 0.379 e. The molecule has 0 spiro atoms. The van der Waals surface area contributed by atoms with Crippen LogP contribution in [-0.2, 0) is 27.4 Å². The molecule has 0 aliphatic heterocycles. The maximum atomic E-state index is 11.1. The third-order valence-electron chi connectivity index (χ3n) is 5.05. The van der Waals surface area contributed by atoms with Crippen LogP contribution in [0.15, 0.2) is 0 Å². The number of rotatable bonds is 24. The molecular weight excluding hydrogens is 426 g/mol. The molecule has 0 aromatic heterocycles. The Hall–Kier alpha value is -0.0000000000000000416. The molecule has 0 rings (SSSR count). The summed E-state index contributed by atoms with van der Waals surface area (Å²) >= 11 is 0. The first kappa shape index (κ1) is 30.0. The lowest BCUT2D eigenvalue weighted by Gasteiger charge is -2.13. The van der Waals surface area contributed by atoms with E-state index in [-0.39, 0.29) is 12.7 Å². The van der Waals surface area contributed by atoms with E-state index in [1.54, 1.807) is 7.11 Å². The van der Waals surface area contributed by atoms with Gasteiger partial charge in [0.15, 0.2) is 4.31 Å². The van der Waals surface area contributed by atoms with Gasteiger partial charge in [0.2, 0.25) is 0 Å². The fourth-order valence-corrected chi connectivity index (χ4v) is 4.12. The Balaban J connectivity index is 3.33. The van der Waals surface area contributed by atoms with Gasteiger partial charge in [-0.1, -0.05) is 90.4 Å². The number of unbranched alkanes of at least 4 members (excludes halogenated alkanes) is 13. The van der Waals surface area contributed by atoms with Crippen LogP contribution in [0.4, 0.5) is 0 Å². The summed E-state index contributed by atoms with van der Waals surface area (Å²) in [4.78, 5) is 8.46. The Morgan fingerprint density at radius 2 is 1.27 bits per heavy atom. The molecule has 9 heteroatoms. The van der Waals surface area contributed by atoms with Gasteiger partial charge in [-0.3, -0.25) is 0 Å². The number of methoxy groups -OCH3 is 1. The van der Waals surface area contributed by atoms with Crippen molar-refractivity contribution >= 4 is 16.5 Å². The topological polar surface area (TPSA) is 91.3 Å². The minimum absolute atomic E-state index is 0.110. The van der Waals surface area contributed by atoms with Crippen molar-refractivity contribution in [3.05, 3.63) is 0 Å². The van der Waals surface area contributed by atoms with Gasteiger partial charge in [0.25, 0.3) is 0 Å². The van der Waals surface area contributed by atoms with Gasteiger partial charge >= 0.3 is 16.5 Å². The van der Waals surface area contributed by atoms with Crippen molar-refractivity contribution < 1.29 is 32.3 Å². The van der Waals surface area contributed by atoms with Crippen LogP contribution in [0.5, 0.6) is 0 Å². The molecular formula is C21H44O7P2+2. The number of ether oxygens (including phenoxy) is 2. The summed E-state index contributed by atoms with van der Waals surface area (Å²) in [5.41, 5.74) is 0. The summed E-state index contributed by atoms with van der Waals surface area (Å²) in [7, 11) is -3.90. The van der Waals surface area contributed by atoms with E-state index in [1.165, 1.54) is 83.5 Å². The molecule has 0 saturated heterocycles. The monoisotopic (exact) mass is 470 g/mol. The van der Waals surface area contributed by atoms with Crippen molar-refractivity contribution in [1.29, 1.82) is 0 Å². The lowest BCUT2D eigenvalue weighted by molar-refractivity contribution is -0.00254. The fraction of sp³-hybridized carbons (Fsp3) is 1.00. The van der Waals surface area contributed by atoms with Crippen molar-refractivity contribution in [2.75, 3.05) is 26.9 Å². The molecule has 0 aliphatic carbocycles. The molecule has 0 radical (unpaired) electrons. The maximum absolute atomic E-state index is 11.1. The van der Waals surface area contributed by atoms with Crippen LogP contribution >= 0.6 is 16.5 Å². The van der Waals surface area contributed by atoms with E-state index in [1.807, 2.05) is 0 Å². The summed E-state index contributed by atoms with van der Waals surface area (Å²) in [5, 5.41) is 0. The second-order valence-electron chi connectivity index (χ2n) is 7.69. The SMILES string of the molecule is CCCCCCCCCCCCCCCCOCC(CCO[P+](=O)O[P+](=O)O)OC. The highest BCUT2D eigenvalue weighted by molar-refractivity contribution is 7.47. The third kappa shape index (κ3) is 22.7. The molecule has 3 unspecified atom stereocenters. The highest BCUT2D eigenvalue weighted by Crippen LogP contribution is 2.36. The van der Waals surface area contributed by atoms with Crippen LogP contribution in [-0.4, -0.2) is 37.9 Å². The zero-order valence-electron chi connectivity index (χ0n) is 19.1. The molecule has 30 heavy (non-hydrogen) atoms. The van der Waals surface area contributed by atoms with Crippen molar-refractivity contribution in [1.82, 2.24) is 0 Å². The first-order chi connectivity index (χ1) is 14.6. The molecule has 3 atom stereocenters. The second-order valence-corrected chi connectivity index (χ2v) is 9.53. The van der Waals surface area contributed by atoms with Gasteiger partial charge in [-0.25, -0.2) is 0 Å². The zero-order chi connectivity index (χ0) is 22.3. The van der Waals surface area contributed by atoms with Crippen LogP contribution in [0.3, 0.4) is 0 Å². The normalized spacial score (nSPS) is 13.4. The Morgan fingerprint density at radius 1 is 0.767 bits per heavy atom. The standard InChI is InChI=1S/C21H43O7P2/c1-3-4-5-6-7-8-9-10-11-12-13-14-15-16-18-26-20-21(25-2)17-19-27-30(24)28-29(22)23/h21H,3-20H2,1-2H3/q+1/p+1. The van der Waals surface area contributed by atoms with Crippen molar-refractivity contribution in [2.24, 2.45) is 0 Å². The third-order valence-corrected chi connectivity index (χ3v) is 6.54. The van der Waals surface area contributed by atoms with Gasteiger partial charge < -0.3 is 9.47 Å². The Labute approximate surface area is 185 Å². The summed E-state index contributed by atoms with van der Waals surface area (Å²) in [6, 6.07) is 0. The zero-order valence-corrected chi connectivity index (χ0v) is 20.9. The molecule has 1 N–H and O–H groups in total. The summed E-state index contributed by atoms with van der Waals surface area (Å²) in [6.45, 7) is 3.53. The maximum Gasteiger partial charge on any atom is 0.747 e. The van der Waals surface area contributed by atoms with E-state index in [9.17, 15) is 9.13 Å². The van der Waals surface area contributed by atoms with Gasteiger partial charge in [-0.15, -0.1) is 9.42 Å². The highest BCUT2D eigenvalue weighted by atomic mass is 31.2. The molecule has 0 aromatic rings. The van der Waals surface area contributed by atoms with Crippen molar-refractivity contribution in [3.63, 3.8) is 0 Å². The van der Waals surface area contributed by atoms with Gasteiger partial charge in [-0.2, -0.15) is 0 Å². The Kier molecular flexibility index (Phi) is 23.7. The lowest BCUT2D eigenvalue weighted by Crippen LogP contribution is -2.20. The quantitative estimate of drug-likeness (QED) is 0.117. The fourth-order valence-electron chi connectivity index (χ4n) is 3.22. The van der Waals surface area contributed by atoms with Crippen LogP contribution in [0.1, 0.15) is 103 Å². The lowest BCUT2D eigenvalue weighted by atomic mass is 10.0. The predicted octanol–water partition coefficient (Wildman–Crippen LogP) is 7.23. The van der Waals surface area contributed by atoms with Crippen LogP contribution < -0.4 is 0 Å². The first-order valence-electron chi connectivity index (χ1n) is 11.6. The van der Waals surface area contributed by atoms with Gasteiger partial charge in [0, 0.05) is 29.3 Å². The Morgan fingerprint density at radius 3 is 1.73 bits per heavy atom. The summed E-state index contributed by atoms with van der Waals surface area (Å²) in [6.07, 6.45) is 19.0. The van der Waals surface area contributed by atoms with Crippen LogP contribution in [0.2, 0.25) is 0 Å². The minimum atomic E-state index is -2.92. The van der Waals surface area contributed by atoms with Gasteiger partial charge in [0.1, 0.15) is 6.61 Å². The van der Waals surface area contributed by atoms with Gasteiger partial charge in [-0.05, 0) is 6.42 Å².